The number of rotatable bonds is 5. The third-order valence-electron chi connectivity index (χ3n) is 2.71. The Bertz CT molecular complexity index is 518. The molecule has 100 valence electrons. The molecule has 2 rings (SSSR count). The van der Waals surface area contributed by atoms with Crippen LogP contribution in [0.15, 0.2) is 36.9 Å². The van der Waals surface area contributed by atoms with Crippen LogP contribution in [0.4, 0.5) is 0 Å². The lowest BCUT2D eigenvalue weighted by Gasteiger charge is -2.08. The molecule has 0 spiro atoms. The minimum atomic E-state index is -0.480. The molecule has 19 heavy (non-hydrogen) atoms. The van der Waals surface area contributed by atoms with Crippen molar-refractivity contribution in [2.24, 2.45) is 5.73 Å². The molecule has 6 nitrogen and oxygen atoms in total. The summed E-state index contributed by atoms with van der Waals surface area (Å²) >= 11 is 0. The van der Waals surface area contributed by atoms with Crippen molar-refractivity contribution in [2.75, 3.05) is 0 Å². The lowest BCUT2D eigenvalue weighted by atomic mass is 10.1. The van der Waals surface area contributed by atoms with E-state index in [1.54, 1.807) is 17.9 Å². The molecular weight excluding hydrogens is 242 g/mol. The van der Waals surface area contributed by atoms with Crippen LogP contribution in [0.2, 0.25) is 0 Å². The maximum atomic E-state index is 11.3. The van der Waals surface area contributed by atoms with Crippen LogP contribution in [-0.4, -0.2) is 26.7 Å². The van der Waals surface area contributed by atoms with Crippen molar-refractivity contribution in [3.05, 3.63) is 48.0 Å². The van der Waals surface area contributed by atoms with Gasteiger partial charge in [0.2, 0.25) is 5.91 Å². The van der Waals surface area contributed by atoms with Crippen LogP contribution in [0.3, 0.4) is 0 Å². The first kappa shape index (κ1) is 13.2. The molecule has 0 saturated carbocycles. The summed E-state index contributed by atoms with van der Waals surface area (Å²) in [7, 11) is 0. The normalized spacial score (nSPS) is 12.1. The van der Waals surface area contributed by atoms with Crippen LogP contribution in [0.25, 0.3) is 0 Å². The Kier molecular flexibility index (Phi) is 4.25. The number of carbonyl (C=O) groups excluding carboxylic acids is 1. The van der Waals surface area contributed by atoms with Crippen molar-refractivity contribution in [3.63, 3.8) is 0 Å². The second-order valence-corrected chi connectivity index (χ2v) is 4.42. The third kappa shape index (κ3) is 3.89. The molecule has 0 aliphatic carbocycles. The van der Waals surface area contributed by atoms with Gasteiger partial charge in [0.25, 0.3) is 0 Å². The summed E-state index contributed by atoms with van der Waals surface area (Å²) in [5.41, 5.74) is 7.64. The number of benzene rings is 1. The van der Waals surface area contributed by atoms with Crippen molar-refractivity contribution in [1.29, 1.82) is 0 Å². The summed E-state index contributed by atoms with van der Waals surface area (Å²) in [6, 6.07) is 7.50. The molecule has 1 atom stereocenters. The van der Waals surface area contributed by atoms with Gasteiger partial charge in [-0.2, -0.15) is 5.10 Å². The summed E-state index contributed by atoms with van der Waals surface area (Å²) < 4.78 is 1.76. The highest BCUT2D eigenvalue weighted by Gasteiger charge is 2.06. The first-order chi connectivity index (χ1) is 9.15. The zero-order chi connectivity index (χ0) is 13.7. The van der Waals surface area contributed by atoms with Gasteiger partial charge in [-0.15, -0.1) is 0 Å². The predicted molar refractivity (Wildman–Crippen MR) is 71.1 cm³/mol. The van der Waals surface area contributed by atoms with E-state index in [1.807, 2.05) is 24.3 Å². The minimum absolute atomic E-state index is 0.147. The van der Waals surface area contributed by atoms with Gasteiger partial charge in [-0.3, -0.25) is 4.79 Å². The average molecular weight is 259 g/mol. The Morgan fingerprint density at radius 3 is 2.63 bits per heavy atom. The first-order valence-electron chi connectivity index (χ1n) is 6.08. The molecule has 0 fully saturated rings. The molecule has 1 aromatic heterocycles. The van der Waals surface area contributed by atoms with Crippen LogP contribution in [0.5, 0.6) is 0 Å². The van der Waals surface area contributed by atoms with Gasteiger partial charge in [0, 0.05) is 6.54 Å². The van der Waals surface area contributed by atoms with Crippen LogP contribution >= 0.6 is 0 Å². The molecule has 0 bridgehead atoms. The predicted octanol–water partition coefficient (Wildman–Crippen LogP) is 0.290. The average Bonchev–Trinajstić information content (AvgIpc) is 2.90. The fraction of sp³-hybridized carbons (Fsp3) is 0.308. The molecule has 3 N–H and O–H groups in total. The number of amides is 1. The highest BCUT2D eigenvalue weighted by atomic mass is 16.2. The lowest BCUT2D eigenvalue weighted by molar-refractivity contribution is -0.122. The van der Waals surface area contributed by atoms with Gasteiger partial charge in [-0.1, -0.05) is 24.3 Å². The van der Waals surface area contributed by atoms with Gasteiger partial charge in [-0.05, 0) is 18.1 Å². The standard InChI is InChI=1S/C13H17N5O/c1-10(14)13(19)16-6-11-2-4-12(5-3-11)7-18-9-15-8-17-18/h2-5,8-10H,6-7,14H2,1H3,(H,16,19). The maximum Gasteiger partial charge on any atom is 0.236 e. The zero-order valence-corrected chi connectivity index (χ0v) is 10.8. The van der Waals surface area contributed by atoms with Crippen molar-refractivity contribution < 1.29 is 4.79 Å². The first-order valence-corrected chi connectivity index (χ1v) is 6.08. The molecule has 2 aromatic rings. The van der Waals surface area contributed by atoms with Crippen LogP contribution in [0.1, 0.15) is 18.1 Å². The van der Waals surface area contributed by atoms with E-state index in [-0.39, 0.29) is 5.91 Å². The number of nitrogens with zero attached hydrogens (tertiary/aromatic N) is 3. The lowest BCUT2D eigenvalue weighted by Crippen LogP contribution is -2.37. The molecule has 0 aliphatic rings. The number of hydrogen-bond acceptors (Lipinski definition) is 4. The van der Waals surface area contributed by atoms with Crippen LogP contribution in [0, 0.1) is 0 Å². The van der Waals surface area contributed by atoms with Crippen molar-refractivity contribution in [2.45, 2.75) is 26.1 Å². The Morgan fingerprint density at radius 2 is 2.05 bits per heavy atom. The van der Waals surface area contributed by atoms with E-state index in [1.165, 1.54) is 6.33 Å². The van der Waals surface area contributed by atoms with E-state index in [4.69, 9.17) is 5.73 Å². The summed E-state index contributed by atoms with van der Waals surface area (Å²) in [5.74, 6) is -0.147. The second kappa shape index (κ2) is 6.10. The van der Waals surface area contributed by atoms with Gasteiger partial charge in [-0.25, -0.2) is 9.67 Å². The second-order valence-electron chi connectivity index (χ2n) is 4.42. The number of carbonyl (C=O) groups is 1. The largest absolute Gasteiger partial charge is 0.351 e. The summed E-state index contributed by atoms with van der Waals surface area (Å²) in [4.78, 5) is 15.2. The molecule has 1 aromatic carbocycles. The highest BCUT2D eigenvalue weighted by molar-refractivity contribution is 5.80. The van der Waals surface area contributed by atoms with Gasteiger partial charge < -0.3 is 11.1 Å². The van der Waals surface area contributed by atoms with E-state index in [2.05, 4.69) is 15.4 Å². The van der Waals surface area contributed by atoms with E-state index in [0.29, 0.717) is 13.1 Å². The maximum absolute atomic E-state index is 11.3. The Hall–Kier alpha value is -2.21. The van der Waals surface area contributed by atoms with Gasteiger partial charge in [0.15, 0.2) is 0 Å². The fourth-order valence-electron chi connectivity index (χ4n) is 1.61. The quantitative estimate of drug-likeness (QED) is 0.808. The molecule has 1 amide bonds. The Labute approximate surface area is 111 Å². The van der Waals surface area contributed by atoms with E-state index in [0.717, 1.165) is 11.1 Å². The van der Waals surface area contributed by atoms with Crippen molar-refractivity contribution in [1.82, 2.24) is 20.1 Å². The molecular formula is C13H17N5O. The van der Waals surface area contributed by atoms with Crippen LogP contribution in [-0.2, 0) is 17.9 Å². The number of nitrogens with one attached hydrogen (secondary N) is 1. The topological polar surface area (TPSA) is 85.8 Å². The number of nitrogens with two attached hydrogens (primary N) is 1. The van der Waals surface area contributed by atoms with E-state index < -0.39 is 6.04 Å². The third-order valence-corrected chi connectivity index (χ3v) is 2.71. The summed E-state index contributed by atoms with van der Waals surface area (Å²) in [6.45, 7) is 2.84. The van der Waals surface area contributed by atoms with Crippen LogP contribution < -0.4 is 11.1 Å². The SMILES string of the molecule is CC(N)C(=O)NCc1ccc(Cn2cncn2)cc1. The number of hydrogen-bond donors (Lipinski definition) is 2. The smallest absolute Gasteiger partial charge is 0.236 e. The summed E-state index contributed by atoms with van der Waals surface area (Å²) in [6.07, 6.45) is 3.19. The molecule has 0 radical (unpaired) electrons. The van der Waals surface area contributed by atoms with Crippen molar-refractivity contribution >= 4 is 5.91 Å². The highest BCUT2D eigenvalue weighted by Crippen LogP contribution is 2.05. The van der Waals surface area contributed by atoms with Gasteiger partial charge >= 0.3 is 0 Å². The number of aromatic nitrogens is 3. The van der Waals surface area contributed by atoms with E-state index >= 15 is 0 Å². The molecule has 6 heteroatoms. The van der Waals surface area contributed by atoms with E-state index in [9.17, 15) is 4.79 Å². The molecule has 1 unspecified atom stereocenters. The molecule has 0 saturated heterocycles. The monoisotopic (exact) mass is 259 g/mol. The van der Waals surface area contributed by atoms with Gasteiger partial charge in [0.1, 0.15) is 12.7 Å². The summed E-state index contributed by atoms with van der Waals surface area (Å²) in [5, 5.41) is 6.82. The fourth-order valence-corrected chi connectivity index (χ4v) is 1.61. The Morgan fingerprint density at radius 1 is 1.37 bits per heavy atom. The minimum Gasteiger partial charge on any atom is -0.351 e. The molecule has 1 heterocycles. The Balaban J connectivity index is 1.89. The van der Waals surface area contributed by atoms with Crippen molar-refractivity contribution in [3.8, 4) is 0 Å². The zero-order valence-electron chi connectivity index (χ0n) is 10.8. The molecule has 0 aliphatic heterocycles. The van der Waals surface area contributed by atoms with Gasteiger partial charge in [0.05, 0.1) is 12.6 Å².